The number of amides is 1. The van der Waals surface area contributed by atoms with Crippen LogP contribution in [0, 0.1) is 25.2 Å². The molecule has 6 nitrogen and oxygen atoms in total. The zero-order valence-corrected chi connectivity index (χ0v) is 15.7. The summed E-state index contributed by atoms with van der Waals surface area (Å²) < 4.78 is 5.66. The third-order valence-corrected chi connectivity index (χ3v) is 4.95. The third-order valence-electron chi connectivity index (χ3n) is 4.95. The molecule has 1 saturated heterocycles. The van der Waals surface area contributed by atoms with Crippen molar-refractivity contribution < 1.29 is 9.53 Å². The van der Waals surface area contributed by atoms with Crippen molar-refractivity contribution in [2.75, 3.05) is 43.4 Å². The fourth-order valence-corrected chi connectivity index (χ4v) is 3.16. The number of piperazine rings is 1. The Morgan fingerprint density at radius 3 is 2.52 bits per heavy atom. The summed E-state index contributed by atoms with van der Waals surface area (Å²) in [5, 5.41) is 9.32. The number of carbonyl (C=O) groups is 1. The second-order valence-corrected chi connectivity index (χ2v) is 6.79. The minimum atomic E-state index is -0.0225. The number of ether oxygens (including phenoxy) is 1. The van der Waals surface area contributed by atoms with Gasteiger partial charge in [0.1, 0.15) is 11.8 Å². The number of aryl methyl sites for hydroxylation is 2. The van der Waals surface area contributed by atoms with Crippen molar-refractivity contribution in [3.05, 3.63) is 53.1 Å². The maximum Gasteiger partial charge on any atom is 0.260 e. The molecular formula is C21H24N4O2. The molecule has 0 unspecified atom stereocenters. The Kier molecular flexibility index (Phi) is 5.51. The number of carbonyl (C=O) groups excluding carboxylic acids is 1. The highest BCUT2D eigenvalue weighted by atomic mass is 16.5. The molecule has 0 bridgehead atoms. The van der Waals surface area contributed by atoms with Crippen LogP contribution in [0.5, 0.6) is 5.75 Å². The minimum absolute atomic E-state index is 0.0225. The van der Waals surface area contributed by atoms with Crippen LogP contribution >= 0.6 is 0 Å². The Labute approximate surface area is 159 Å². The molecule has 2 aromatic carbocycles. The monoisotopic (exact) mass is 364 g/mol. The topological polar surface area (TPSA) is 82.6 Å². The summed E-state index contributed by atoms with van der Waals surface area (Å²) in [6.45, 7) is 6.66. The zero-order chi connectivity index (χ0) is 19.4. The Balaban J connectivity index is 1.55. The average Bonchev–Trinajstić information content (AvgIpc) is 2.68. The number of nitriles is 1. The third kappa shape index (κ3) is 4.32. The van der Waals surface area contributed by atoms with Gasteiger partial charge in [0, 0.05) is 31.9 Å². The molecule has 1 aliphatic rings. The summed E-state index contributed by atoms with van der Waals surface area (Å²) in [7, 11) is 0. The van der Waals surface area contributed by atoms with Gasteiger partial charge < -0.3 is 20.3 Å². The van der Waals surface area contributed by atoms with Crippen LogP contribution in [-0.2, 0) is 4.79 Å². The predicted molar refractivity (Wildman–Crippen MR) is 106 cm³/mol. The molecule has 1 fully saturated rings. The molecule has 6 heteroatoms. The van der Waals surface area contributed by atoms with Gasteiger partial charge in [0.05, 0.1) is 11.3 Å². The number of nitrogen functional groups attached to an aromatic ring is 1. The largest absolute Gasteiger partial charge is 0.484 e. The van der Waals surface area contributed by atoms with Crippen LogP contribution in [0.3, 0.4) is 0 Å². The molecule has 0 aliphatic carbocycles. The molecule has 1 amide bonds. The van der Waals surface area contributed by atoms with E-state index in [1.54, 1.807) is 17.0 Å². The van der Waals surface area contributed by atoms with Crippen LogP contribution < -0.4 is 15.4 Å². The fourth-order valence-electron chi connectivity index (χ4n) is 3.16. The second-order valence-electron chi connectivity index (χ2n) is 6.79. The summed E-state index contributed by atoms with van der Waals surface area (Å²) in [6, 6.07) is 13.4. The van der Waals surface area contributed by atoms with Crippen molar-refractivity contribution in [1.29, 1.82) is 5.26 Å². The zero-order valence-electron chi connectivity index (χ0n) is 15.7. The van der Waals surface area contributed by atoms with Crippen molar-refractivity contribution in [3.63, 3.8) is 0 Å². The van der Waals surface area contributed by atoms with Crippen molar-refractivity contribution in [3.8, 4) is 11.8 Å². The highest BCUT2D eigenvalue weighted by Crippen LogP contribution is 2.24. The van der Waals surface area contributed by atoms with Crippen molar-refractivity contribution in [1.82, 2.24) is 4.90 Å². The lowest BCUT2D eigenvalue weighted by molar-refractivity contribution is -0.133. The van der Waals surface area contributed by atoms with Gasteiger partial charge in [0.2, 0.25) is 0 Å². The van der Waals surface area contributed by atoms with Gasteiger partial charge >= 0.3 is 0 Å². The molecule has 0 atom stereocenters. The predicted octanol–water partition coefficient (Wildman–Crippen LogP) is 2.48. The van der Waals surface area contributed by atoms with Gasteiger partial charge in [-0.15, -0.1) is 0 Å². The van der Waals surface area contributed by atoms with Gasteiger partial charge in [-0.25, -0.2) is 0 Å². The van der Waals surface area contributed by atoms with E-state index in [1.807, 2.05) is 38.1 Å². The standard InChI is InChI=1S/C21H24N4O2/c1-15-3-5-19(11-16(15)2)27-14-21(26)25-9-7-24(8-10-25)20-6-4-18(23)12-17(20)13-22/h3-6,11-12H,7-10,14,23H2,1-2H3. The Morgan fingerprint density at radius 1 is 1.11 bits per heavy atom. The van der Waals surface area contributed by atoms with E-state index in [0.717, 1.165) is 11.3 Å². The van der Waals surface area contributed by atoms with E-state index in [4.69, 9.17) is 10.5 Å². The minimum Gasteiger partial charge on any atom is -0.484 e. The average molecular weight is 364 g/mol. The molecule has 1 heterocycles. The summed E-state index contributed by atoms with van der Waals surface area (Å²) in [4.78, 5) is 16.4. The van der Waals surface area contributed by atoms with Gasteiger partial charge in [0.15, 0.2) is 6.61 Å². The first-order valence-corrected chi connectivity index (χ1v) is 9.00. The van der Waals surface area contributed by atoms with Crippen LogP contribution in [0.15, 0.2) is 36.4 Å². The van der Waals surface area contributed by atoms with Crippen LogP contribution in [0.1, 0.15) is 16.7 Å². The highest BCUT2D eigenvalue weighted by Gasteiger charge is 2.23. The molecule has 0 aromatic heterocycles. The van der Waals surface area contributed by atoms with Crippen LogP contribution in [0.2, 0.25) is 0 Å². The number of hydrogen-bond donors (Lipinski definition) is 1. The summed E-state index contributed by atoms with van der Waals surface area (Å²) in [5.74, 6) is 0.691. The van der Waals surface area contributed by atoms with Gasteiger partial charge in [0.25, 0.3) is 5.91 Å². The molecule has 2 N–H and O–H groups in total. The quantitative estimate of drug-likeness (QED) is 0.843. The van der Waals surface area contributed by atoms with E-state index in [0.29, 0.717) is 43.2 Å². The Bertz CT molecular complexity index is 880. The molecule has 3 rings (SSSR count). The number of rotatable bonds is 4. The Morgan fingerprint density at radius 2 is 1.85 bits per heavy atom. The van der Waals surface area contributed by atoms with Crippen LogP contribution in [0.25, 0.3) is 0 Å². The van der Waals surface area contributed by atoms with E-state index in [1.165, 1.54) is 5.56 Å². The number of anilines is 2. The van der Waals surface area contributed by atoms with Crippen molar-refractivity contribution in [2.24, 2.45) is 0 Å². The smallest absolute Gasteiger partial charge is 0.260 e. The lowest BCUT2D eigenvalue weighted by Gasteiger charge is -2.36. The SMILES string of the molecule is Cc1ccc(OCC(=O)N2CCN(c3ccc(N)cc3C#N)CC2)cc1C. The van der Waals surface area contributed by atoms with Gasteiger partial charge in [-0.05, 0) is 55.3 Å². The van der Waals surface area contributed by atoms with E-state index >= 15 is 0 Å². The summed E-state index contributed by atoms with van der Waals surface area (Å²) in [6.07, 6.45) is 0. The maximum absolute atomic E-state index is 12.4. The van der Waals surface area contributed by atoms with Gasteiger partial charge in [-0.1, -0.05) is 6.07 Å². The van der Waals surface area contributed by atoms with E-state index in [-0.39, 0.29) is 12.5 Å². The van der Waals surface area contributed by atoms with Gasteiger partial charge in [-0.2, -0.15) is 5.26 Å². The molecular weight excluding hydrogens is 340 g/mol. The van der Waals surface area contributed by atoms with Gasteiger partial charge in [-0.3, -0.25) is 4.79 Å². The van der Waals surface area contributed by atoms with E-state index in [2.05, 4.69) is 11.0 Å². The van der Waals surface area contributed by atoms with Crippen molar-refractivity contribution >= 4 is 17.3 Å². The van der Waals surface area contributed by atoms with Crippen LogP contribution in [-0.4, -0.2) is 43.6 Å². The molecule has 0 spiro atoms. The second kappa shape index (κ2) is 8.00. The summed E-state index contributed by atoms with van der Waals surface area (Å²) >= 11 is 0. The normalized spacial score (nSPS) is 14.0. The molecule has 0 saturated carbocycles. The molecule has 0 radical (unpaired) electrons. The van der Waals surface area contributed by atoms with E-state index < -0.39 is 0 Å². The van der Waals surface area contributed by atoms with Crippen molar-refractivity contribution in [2.45, 2.75) is 13.8 Å². The number of nitrogens with zero attached hydrogens (tertiary/aromatic N) is 3. The highest BCUT2D eigenvalue weighted by molar-refractivity contribution is 5.78. The van der Waals surface area contributed by atoms with Crippen LogP contribution in [0.4, 0.5) is 11.4 Å². The lowest BCUT2D eigenvalue weighted by Crippen LogP contribution is -2.50. The fraction of sp³-hybridized carbons (Fsp3) is 0.333. The lowest BCUT2D eigenvalue weighted by atomic mass is 10.1. The maximum atomic E-state index is 12.4. The first-order chi connectivity index (χ1) is 13.0. The first kappa shape index (κ1) is 18.6. The summed E-state index contributed by atoms with van der Waals surface area (Å²) in [5.41, 5.74) is 10.1. The molecule has 140 valence electrons. The number of nitrogens with two attached hydrogens (primary N) is 1. The molecule has 2 aromatic rings. The molecule has 27 heavy (non-hydrogen) atoms. The molecule has 1 aliphatic heterocycles. The first-order valence-electron chi connectivity index (χ1n) is 9.00. The number of hydrogen-bond acceptors (Lipinski definition) is 5. The Hall–Kier alpha value is -3.20. The van der Waals surface area contributed by atoms with E-state index in [9.17, 15) is 10.1 Å². The number of benzene rings is 2.